The van der Waals surface area contributed by atoms with Crippen LogP contribution in [0.1, 0.15) is 18.4 Å². The fraction of sp³-hybridized carbons (Fsp3) is 0.556. The number of benzene rings is 1. The summed E-state index contributed by atoms with van der Waals surface area (Å²) in [6, 6.07) is 10.5. The minimum atomic E-state index is 0.344. The molecule has 0 atom stereocenters. The van der Waals surface area contributed by atoms with Crippen molar-refractivity contribution in [3.63, 3.8) is 0 Å². The van der Waals surface area contributed by atoms with Crippen molar-refractivity contribution in [2.24, 2.45) is 0 Å². The van der Waals surface area contributed by atoms with Gasteiger partial charge in [0.1, 0.15) is 0 Å². The highest BCUT2D eigenvalue weighted by Gasteiger charge is 2.40. The molecule has 2 heterocycles. The van der Waals surface area contributed by atoms with Gasteiger partial charge < -0.3 is 4.74 Å². The predicted octanol–water partition coefficient (Wildman–Crippen LogP) is 2.50. The highest BCUT2D eigenvalue weighted by molar-refractivity contribution is 5.48. The Morgan fingerprint density at radius 1 is 1.14 bits per heavy atom. The number of nitrogens with zero attached hydrogens (tertiary/aromatic N) is 2. The molecule has 0 aromatic heterocycles. The molecule has 114 valence electrons. The number of likely N-dealkylation sites (N-methyl/N-ethyl adjacent to an activating group) is 1. The van der Waals surface area contributed by atoms with Crippen LogP contribution in [-0.2, 0) is 4.74 Å². The van der Waals surface area contributed by atoms with E-state index in [9.17, 15) is 0 Å². The molecule has 0 aliphatic carbocycles. The molecular formula is C18H26N2O. The smallest absolute Gasteiger partial charge is 0.0484 e. The highest BCUT2D eigenvalue weighted by Crippen LogP contribution is 2.30. The van der Waals surface area contributed by atoms with Gasteiger partial charge in [0.15, 0.2) is 0 Å². The lowest BCUT2D eigenvalue weighted by molar-refractivity contribution is -0.0583. The van der Waals surface area contributed by atoms with Crippen molar-refractivity contribution in [3.05, 3.63) is 42.0 Å². The molecule has 0 N–H and O–H groups in total. The second-order valence-corrected chi connectivity index (χ2v) is 6.31. The first-order valence-corrected chi connectivity index (χ1v) is 8.01. The van der Waals surface area contributed by atoms with Crippen LogP contribution in [0.25, 0.3) is 6.08 Å². The summed E-state index contributed by atoms with van der Waals surface area (Å²) in [7, 11) is 2.28. The summed E-state index contributed by atoms with van der Waals surface area (Å²) in [5.41, 5.74) is 1.63. The second-order valence-electron chi connectivity index (χ2n) is 6.31. The van der Waals surface area contributed by atoms with Crippen molar-refractivity contribution in [1.29, 1.82) is 0 Å². The molecule has 0 radical (unpaired) electrons. The maximum atomic E-state index is 5.56. The lowest BCUT2D eigenvalue weighted by Gasteiger charge is -2.51. The average Bonchev–Trinajstić information content (AvgIpc) is 2.53. The molecule has 0 amide bonds. The molecule has 0 saturated carbocycles. The van der Waals surface area contributed by atoms with E-state index < -0.39 is 0 Å². The Morgan fingerprint density at radius 3 is 2.67 bits per heavy atom. The maximum Gasteiger partial charge on any atom is 0.0484 e. The van der Waals surface area contributed by atoms with E-state index in [4.69, 9.17) is 4.74 Å². The summed E-state index contributed by atoms with van der Waals surface area (Å²) < 4.78 is 5.56. The molecular weight excluding hydrogens is 260 g/mol. The van der Waals surface area contributed by atoms with Crippen LogP contribution in [0, 0.1) is 0 Å². The molecule has 2 aliphatic heterocycles. The van der Waals surface area contributed by atoms with Gasteiger partial charge in [-0.15, -0.1) is 0 Å². The largest absolute Gasteiger partial charge is 0.381 e. The lowest BCUT2D eigenvalue weighted by atomic mass is 9.86. The number of piperazine rings is 1. The summed E-state index contributed by atoms with van der Waals surface area (Å²) in [5, 5.41) is 0. The maximum absolute atomic E-state index is 5.56. The molecule has 1 aromatic carbocycles. The Morgan fingerprint density at radius 2 is 1.90 bits per heavy atom. The van der Waals surface area contributed by atoms with E-state index in [0.29, 0.717) is 5.54 Å². The first-order valence-electron chi connectivity index (χ1n) is 8.01. The summed E-state index contributed by atoms with van der Waals surface area (Å²) in [6.45, 7) is 6.38. The van der Waals surface area contributed by atoms with Gasteiger partial charge >= 0.3 is 0 Å². The van der Waals surface area contributed by atoms with Crippen LogP contribution < -0.4 is 0 Å². The first-order chi connectivity index (χ1) is 10.3. The second kappa shape index (κ2) is 6.73. The Labute approximate surface area is 128 Å². The normalized spacial score (nSPS) is 23.9. The number of hydrogen-bond acceptors (Lipinski definition) is 3. The van der Waals surface area contributed by atoms with Gasteiger partial charge in [-0.1, -0.05) is 42.5 Å². The van der Waals surface area contributed by atoms with Crippen LogP contribution >= 0.6 is 0 Å². The zero-order valence-electron chi connectivity index (χ0n) is 13.0. The topological polar surface area (TPSA) is 15.7 Å². The van der Waals surface area contributed by atoms with Crippen molar-refractivity contribution >= 4 is 6.08 Å². The van der Waals surface area contributed by atoms with Gasteiger partial charge in [0.25, 0.3) is 0 Å². The number of ether oxygens (including phenoxy) is 1. The Hall–Kier alpha value is -1.16. The predicted molar refractivity (Wildman–Crippen MR) is 87.3 cm³/mol. The van der Waals surface area contributed by atoms with Crippen LogP contribution in [0.15, 0.2) is 36.4 Å². The monoisotopic (exact) mass is 286 g/mol. The zero-order valence-corrected chi connectivity index (χ0v) is 13.0. The highest BCUT2D eigenvalue weighted by atomic mass is 16.5. The van der Waals surface area contributed by atoms with E-state index in [-0.39, 0.29) is 0 Å². The van der Waals surface area contributed by atoms with E-state index >= 15 is 0 Å². The lowest BCUT2D eigenvalue weighted by Crippen LogP contribution is -2.62. The molecule has 21 heavy (non-hydrogen) atoms. The van der Waals surface area contributed by atoms with Gasteiger partial charge in [0, 0.05) is 44.9 Å². The molecule has 0 unspecified atom stereocenters. The van der Waals surface area contributed by atoms with E-state index in [2.05, 4.69) is 59.3 Å². The van der Waals surface area contributed by atoms with Crippen molar-refractivity contribution < 1.29 is 4.74 Å². The first kappa shape index (κ1) is 14.8. The molecule has 3 nitrogen and oxygen atoms in total. The van der Waals surface area contributed by atoms with Crippen molar-refractivity contribution in [1.82, 2.24) is 9.80 Å². The summed E-state index contributed by atoms with van der Waals surface area (Å²) in [4.78, 5) is 5.15. The van der Waals surface area contributed by atoms with E-state index in [1.807, 2.05) is 0 Å². The number of rotatable bonds is 3. The third-order valence-corrected chi connectivity index (χ3v) is 4.98. The summed E-state index contributed by atoms with van der Waals surface area (Å²) >= 11 is 0. The van der Waals surface area contributed by atoms with E-state index in [1.54, 1.807) is 0 Å². The van der Waals surface area contributed by atoms with Crippen LogP contribution in [-0.4, -0.2) is 61.8 Å². The summed E-state index contributed by atoms with van der Waals surface area (Å²) in [5.74, 6) is 0. The van der Waals surface area contributed by atoms with Gasteiger partial charge in [-0.25, -0.2) is 0 Å². The zero-order chi connectivity index (χ0) is 14.5. The van der Waals surface area contributed by atoms with Gasteiger partial charge in [-0.3, -0.25) is 9.80 Å². The summed E-state index contributed by atoms with van der Waals surface area (Å²) in [6.07, 6.45) is 6.87. The van der Waals surface area contributed by atoms with Gasteiger partial charge in [0.2, 0.25) is 0 Å². The quantitative estimate of drug-likeness (QED) is 0.849. The third-order valence-electron chi connectivity index (χ3n) is 4.98. The van der Waals surface area contributed by atoms with Crippen LogP contribution in [0.5, 0.6) is 0 Å². The Bertz CT molecular complexity index is 465. The average molecular weight is 286 g/mol. The Kier molecular flexibility index (Phi) is 4.73. The molecule has 3 rings (SSSR count). The van der Waals surface area contributed by atoms with Crippen molar-refractivity contribution in [2.45, 2.75) is 18.4 Å². The van der Waals surface area contributed by atoms with Gasteiger partial charge in [0.05, 0.1) is 0 Å². The Balaban J connectivity index is 1.58. The minimum Gasteiger partial charge on any atom is -0.381 e. The van der Waals surface area contributed by atoms with Crippen molar-refractivity contribution in [2.75, 3.05) is 46.4 Å². The molecule has 3 heteroatoms. The van der Waals surface area contributed by atoms with Crippen LogP contribution in [0.4, 0.5) is 0 Å². The van der Waals surface area contributed by atoms with E-state index in [1.165, 1.54) is 31.5 Å². The van der Waals surface area contributed by atoms with Gasteiger partial charge in [-0.05, 0) is 25.5 Å². The third kappa shape index (κ3) is 3.54. The van der Waals surface area contributed by atoms with Crippen LogP contribution in [0.3, 0.4) is 0 Å². The molecule has 2 saturated heterocycles. The SMILES string of the molecule is CN1CCN(CC=Cc2ccccc2)CC12CCOCC2. The molecule has 2 aliphatic rings. The minimum absolute atomic E-state index is 0.344. The standard InChI is InChI=1S/C18H26N2O/c1-19-12-13-20(16-18(19)9-14-21-15-10-18)11-5-8-17-6-3-2-4-7-17/h2-8H,9-16H2,1H3. The molecule has 1 spiro atoms. The number of hydrogen-bond donors (Lipinski definition) is 0. The molecule has 0 bridgehead atoms. The fourth-order valence-electron chi connectivity index (χ4n) is 3.49. The van der Waals surface area contributed by atoms with Crippen molar-refractivity contribution in [3.8, 4) is 0 Å². The molecule has 2 fully saturated rings. The fourth-order valence-corrected chi connectivity index (χ4v) is 3.49. The van der Waals surface area contributed by atoms with Gasteiger partial charge in [-0.2, -0.15) is 0 Å². The molecule has 1 aromatic rings. The van der Waals surface area contributed by atoms with E-state index in [0.717, 1.165) is 26.3 Å². The van der Waals surface area contributed by atoms with Crippen LogP contribution in [0.2, 0.25) is 0 Å².